The summed E-state index contributed by atoms with van der Waals surface area (Å²) in [6.45, 7) is 0.473. The highest BCUT2D eigenvalue weighted by Crippen LogP contribution is 2.21. The quantitative estimate of drug-likeness (QED) is 0.676. The van der Waals surface area contributed by atoms with Crippen molar-refractivity contribution < 1.29 is 14.3 Å². The lowest BCUT2D eigenvalue weighted by molar-refractivity contribution is 0.0587. The van der Waals surface area contributed by atoms with Crippen LogP contribution in [0.4, 0.5) is 0 Å². The zero-order chi connectivity index (χ0) is 16.9. The van der Waals surface area contributed by atoms with E-state index in [-0.39, 0.29) is 0 Å². The van der Waals surface area contributed by atoms with Gasteiger partial charge in [-0.15, -0.1) is 0 Å². The van der Waals surface area contributed by atoms with Crippen molar-refractivity contribution in [1.82, 2.24) is 9.78 Å². The Kier molecular flexibility index (Phi) is 4.61. The van der Waals surface area contributed by atoms with Crippen LogP contribution in [0.25, 0.3) is 11.3 Å². The first-order valence-corrected chi connectivity index (χ1v) is 7.56. The molecule has 0 bridgehead atoms. The van der Waals surface area contributed by atoms with E-state index in [1.807, 2.05) is 54.6 Å². The minimum atomic E-state index is -0.404. The maximum atomic E-state index is 12.1. The maximum Gasteiger partial charge on any atom is 0.356 e. The fourth-order valence-electron chi connectivity index (χ4n) is 2.46. The number of aromatic nitrogens is 2. The first-order chi connectivity index (χ1) is 11.7. The summed E-state index contributed by atoms with van der Waals surface area (Å²) in [7, 11) is 3.00. The molecule has 0 saturated carbocycles. The van der Waals surface area contributed by atoms with E-state index in [9.17, 15) is 4.79 Å². The Morgan fingerprint density at radius 1 is 1.04 bits per heavy atom. The molecule has 2 aromatic carbocycles. The van der Waals surface area contributed by atoms with Crippen LogP contribution in [0.3, 0.4) is 0 Å². The minimum absolute atomic E-state index is 0.404. The van der Waals surface area contributed by atoms with Crippen molar-refractivity contribution in [3.63, 3.8) is 0 Å². The topological polar surface area (TPSA) is 53.3 Å². The summed E-state index contributed by atoms with van der Waals surface area (Å²) in [5.74, 6) is 0.385. The molecule has 0 fully saturated rings. The number of nitrogens with zero attached hydrogens (tertiary/aromatic N) is 2. The molecule has 3 rings (SSSR count). The molecule has 5 nitrogen and oxygen atoms in total. The molecule has 0 unspecified atom stereocenters. The monoisotopic (exact) mass is 322 g/mol. The summed E-state index contributed by atoms with van der Waals surface area (Å²) >= 11 is 0. The predicted octanol–water partition coefficient (Wildman–Crippen LogP) is 3.39. The minimum Gasteiger partial charge on any atom is -0.497 e. The van der Waals surface area contributed by atoms with Gasteiger partial charge in [0.05, 0.1) is 26.5 Å². The highest BCUT2D eigenvalue weighted by molar-refractivity contribution is 5.89. The Balaban J connectivity index is 1.95. The van der Waals surface area contributed by atoms with Crippen LogP contribution in [0.5, 0.6) is 5.75 Å². The smallest absolute Gasteiger partial charge is 0.356 e. The number of esters is 1. The van der Waals surface area contributed by atoms with E-state index in [0.717, 1.165) is 22.6 Å². The predicted molar refractivity (Wildman–Crippen MR) is 91.1 cm³/mol. The molecular formula is C19H18N2O3. The molecule has 0 saturated heterocycles. The molecule has 5 heteroatoms. The van der Waals surface area contributed by atoms with Crippen LogP contribution >= 0.6 is 0 Å². The molecule has 1 heterocycles. The Morgan fingerprint density at radius 2 is 1.75 bits per heavy atom. The Labute approximate surface area is 140 Å². The average Bonchev–Trinajstić information content (AvgIpc) is 3.06. The zero-order valence-electron chi connectivity index (χ0n) is 13.6. The van der Waals surface area contributed by atoms with Gasteiger partial charge in [-0.25, -0.2) is 4.79 Å². The first-order valence-electron chi connectivity index (χ1n) is 7.56. The van der Waals surface area contributed by atoms with Gasteiger partial charge in [0.25, 0.3) is 0 Å². The Bertz CT molecular complexity index is 824. The number of ether oxygens (including phenoxy) is 2. The Hall–Kier alpha value is -3.08. The molecule has 122 valence electrons. The van der Waals surface area contributed by atoms with Gasteiger partial charge in [0, 0.05) is 5.56 Å². The van der Waals surface area contributed by atoms with Gasteiger partial charge >= 0.3 is 5.97 Å². The number of methoxy groups -OCH3 is 2. The van der Waals surface area contributed by atoms with Crippen LogP contribution in [-0.4, -0.2) is 30.0 Å². The van der Waals surface area contributed by atoms with Crippen molar-refractivity contribution in [3.05, 3.63) is 71.9 Å². The molecule has 0 N–H and O–H groups in total. The van der Waals surface area contributed by atoms with Gasteiger partial charge < -0.3 is 9.47 Å². The van der Waals surface area contributed by atoms with Gasteiger partial charge in [0.2, 0.25) is 0 Å². The number of hydrogen-bond acceptors (Lipinski definition) is 4. The number of carbonyl (C=O) groups is 1. The second-order valence-corrected chi connectivity index (χ2v) is 5.28. The first kappa shape index (κ1) is 15.8. The molecule has 24 heavy (non-hydrogen) atoms. The molecular weight excluding hydrogens is 304 g/mol. The normalized spacial score (nSPS) is 10.4. The van der Waals surface area contributed by atoms with Crippen LogP contribution in [0.15, 0.2) is 60.7 Å². The van der Waals surface area contributed by atoms with Crippen molar-refractivity contribution in [2.75, 3.05) is 14.2 Å². The van der Waals surface area contributed by atoms with E-state index in [4.69, 9.17) is 9.47 Å². The SMILES string of the molecule is COC(=O)c1cc(-c2ccccc2)nn1Cc1ccc(OC)cc1. The standard InChI is InChI=1S/C19H18N2O3/c1-23-16-10-8-14(9-11-16)13-21-18(19(22)24-2)12-17(20-21)15-6-4-3-5-7-15/h3-12H,13H2,1-2H3. The third-order valence-corrected chi connectivity index (χ3v) is 3.74. The van der Waals surface area contributed by atoms with Crippen LogP contribution in [0.1, 0.15) is 16.1 Å². The summed E-state index contributed by atoms with van der Waals surface area (Å²) in [4.78, 5) is 12.1. The van der Waals surface area contributed by atoms with Crippen LogP contribution in [0, 0.1) is 0 Å². The van der Waals surface area contributed by atoms with Gasteiger partial charge in [-0.1, -0.05) is 42.5 Å². The summed E-state index contributed by atoms with van der Waals surface area (Å²) in [6, 6.07) is 19.2. The summed E-state index contributed by atoms with van der Waals surface area (Å²) in [5, 5.41) is 4.57. The van der Waals surface area contributed by atoms with Crippen molar-refractivity contribution >= 4 is 5.97 Å². The number of rotatable bonds is 5. The van der Waals surface area contributed by atoms with E-state index in [2.05, 4.69) is 5.10 Å². The van der Waals surface area contributed by atoms with Gasteiger partial charge in [0.1, 0.15) is 11.4 Å². The largest absolute Gasteiger partial charge is 0.497 e. The van der Waals surface area contributed by atoms with E-state index in [0.29, 0.717) is 12.2 Å². The number of hydrogen-bond donors (Lipinski definition) is 0. The van der Waals surface area contributed by atoms with Crippen molar-refractivity contribution in [2.24, 2.45) is 0 Å². The van der Waals surface area contributed by atoms with Gasteiger partial charge in [-0.3, -0.25) is 4.68 Å². The highest BCUT2D eigenvalue weighted by Gasteiger charge is 2.17. The fraction of sp³-hybridized carbons (Fsp3) is 0.158. The lowest BCUT2D eigenvalue weighted by Gasteiger charge is -2.07. The third-order valence-electron chi connectivity index (χ3n) is 3.74. The lowest BCUT2D eigenvalue weighted by atomic mass is 10.1. The summed E-state index contributed by atoms with van der Waals surface area (Å²) in [5.41, 5.74) is 3.14. The summed E-state index contributed by atoms with van der Waals surface area (Å²) in [6.07, 6.45) is 0. The average molecular weight is 322 g/mol. The van der Waals surface area contributed by atoms with Crippen LogP contribution < -0.4 is 4.74 Å². The van der Waals surface area contributed by atoms with Crippen molar-refractivity contribution in [3.8, 4) is 17.0 Å². The molecule has 0 aliphatic rings. The maximum absolute atomic E-state index is 12.1. The number of benzene rings is 2. The van der Waals surface area contributed by atoms with Gasteiger partial charge in [-0.2, -0.15) is 5.10 Å². The molecule has 3 aromatic rings. The second kappa shape index (κ2) is 7.00. The lowest BCUT2D eigenvalue weighted by Crippen LogP contribution is -2.12. The van der Waals surface area contributed by atoms with E-state index >= 15 is 0 Å². The molecule has 0 aliphatic heterocycles. The van der Waals surface area contributed by atoms with Crippen LogP contribution in [0.2, 0.25) is 0 Å². The van der Waals surface area contributed by atoms with E-state index in [1.54, 1.807) is 17.9 Å². The van der Waals surface area contributed by atoms with Crippen molar-refractivity contribution in [2.45, 2.75) is 6.54 Å². The van der Waals surface area contributed by atoms with E-state index < -0.39 is 5.97 Å². The van der Waals surface area contributed by atoms with Gasteiger partial charge in [0.15, 0.2) is 0 Å². The molecule has 0 radical (unpaired) electrons. The fourth-order valence-corrected chi connectivity index (χ4v) is 2.46. The van der Waals surface area contributed by atoms with Crippen LogP contribution in [-0.2, 0) is 11.3 Å². The molecule has 0 aliphatic carbocycles. The Morgan fingerprint density at radius 3 is 2.38 bits per heavy atom. The molecule has 0 amide bonds. The molecule has 1 aromatic heterocycles. The summed E-state index contributed by atoms with van der Waals surface area (Å²) < 4.78 is 11.7. The van der Waals surface area contributed by atoms with Crippen molar-refractivity contribution in [1.29, 1.82) is 0 Å². The van der Waals surface area contributed by atoms with Gasteiger partial charge in [-0.05, 0) is 23.8 Å². The zero-order valence-corrected chi connectivity index (χ0v) is 13.6. The molecule has 0 atom stereocenters. The van der Waals surface area contributed by atoms with E-state index in [1.165, 1.54) is 7.11 Å². The number of carbonyl (C=O) groups excluding carboxylic acids is 1. The highest BCUT2D eigenvalue weighted by atomic mass is 16.5. The molecule has 0 spiro atoms. The third kappa shape index (κ3) is 3.30. The second-order valence-electron chi connectivity index (χ2n) is 5.28.